The van der Waals surface area contributed by atoms with Crippen molar-refractivity contribution in [2.75, 3.05) is 0 Å². The summed E-state index contributed by atoms with van der Waals surface area (Å²) in [4.78, 5) is 18.1. The van der Waals surface area contributed by atoms with Crippen LogP contribution in [0.1, 0.15) is 30.5 Å². The molecule has 0 aromatic carbocycles. The van der Waals surface area contributed by atoms with Gasteiger partial charge < -0.3 is 0 Å². The molecule has 2 rings (SSSR count). The molecule has 0 amide bonds. The van der Waals surface area contributed by atoms with E-state index in [4.69, 9.17) is 11.6 Å². The lowest BCUT2D eigenvalue weighted by Crippen LogP contribution is -2.16. The fraction of sp³-hybridized carbons (Fsp3) is 0.556. The minimum absolute atomic E-state index is 0.0584. The maximum atomic E-state index is 11.5. The van der Waals surface area contributed by atoms with Crippen molar-refractivity contribution in [3.8, 4) is 0 Å². The van der Waals surface area contributed by atoms with Crippen LogP contribution in [0.5, 0.6) is 0 Å². The molecule has 0 saturated heterocycles. The molecule has 0 unspecified atom stereocenters. The predicted octanol–water partition coefficient (Wildman–Crippen LogP) is 1.69. The Labute approximate surface area is 81.2 Å². The molecule has 0 saturated carbocycles. The van der Waals surface area contributed by atoms with Gasteiger partial charge in [-0.05, 0) is 37.3 Å². The third kappa shape index (κ3) is 1.75. The SMILES string of the molecule is O=c1[nH]c(Cl)nc2c1CCCCC2. The van der Waals surface area contributed by atoms with E-state index in [1.165, 1.54) is 6.42 Å². The van der Waals surface area contributed by atoms with Crippen LogP contribution in [0.25, 0.3) is 0 Å². The number of rotatable bonds is 0. The molecule has 3 nitrogen and oxygen atoms in total. The smallest absolute Gasteiger partial charge is 0.255 e. The van der Waals surface area contributed by atoms with Gasteiger partial charge in [0.1, 0.15) is 0 Å². The second-order valence-corrected chi connectivity index (χ2v) is 3.70. The molecular weight excluding hydrogens is 188 g/mol. The van der Waals surface area contributed by atoms with Crippen molar-refractivity contribution in [1.82, 2.24) is 9.97 Å². The average Bonchev–Trinajstić information content (AvgIpc) is 2.28. The Morgan fingerprint density at radius 3 is 2.85 bits per heavy atom. The number of nitrogens with zero attached hydrogens (tertiary/aromatic N) is 1. The van der Waals surface area contributed by atoms with Crippen LogP contribution in [0.4, 0.5) is 0 Å². The van der Waals surface area contributed by atoms with Crippen LogP contribution in [-0.4, -0.2) is 9.97 Å². The molecule has 0 radical (unpaired) electrons. The van der Waals surface area contributed by atoms with E-state index in [-0.39, 0.29) is 10.8 Å². The highest BCUT2D eigenvalue weighted by Crippen LogP contribution is 2.16. The number of aromatic nitrogens is 2. The number of fused-ring (bicyclic) bond motifs is 1. The second kappa shape index (κ2) is 3.50. The molecule has 13 heavy (non-hydrogen) atoms. The van der Waals surface area contributed by atoms with Crippen molar-refractivity contribution in [1.29, 1.82) is 0 Å². The molecule has 0 atom stereocenters. The van der Waals surface area contributed by atoms with Gasteiger partial charge in [-0.2, -0.15) is 0 Å². The molecule has 1 aromatic heterocycles. The van der Waals surface area contributed by atoms with Crippen molar-refractivity contribution in [3.05, 3.63) is 26.9 Å². The van der Waals surface area contributed by atoms with Gasteiger partial charge in [0.05, 0.1) is 5.69 Å². The van der Waals surface area contributed by atoms with Gasteiger partial charge in [-0.3, -0.25) is 9.78 Å². The van der Waals surface area contributed by atoms with Gasteiger partial charge in [-0.1, -0.05) is 6.42 Å². The Balaban J connectivity index is 2.53. The van der Waals surface area contributed by atoms with E-state index in [2.05, 4.69) is 9.97 Å². The first kappa shape index (κ1) is 8.75. The zero-order chi connectivity index (χ0) is 9.26. The second-order valence-electron chi connectivity index (χ2n) is 3.34. The van der Waals surface area contributed by atoms with Crippen LogP contribution in [-0.2, 0) is 12.8 Å². The van der Waals surface area contributed by atoms with Crippen LogP contribution in [0.3, 0.4) is 0 Å². The number of halogens is 1. The largest absolute Gasteiger partial charge is 0.297 e. The summed E-state index contributed by atoms with van der Waals surface area (Å²) in [6.07, 6.45) is 5.10. The topological polar surface area (TPSA) is 45.8 Å². The minimum atomic E-state index is -0.0584. The molecule has 1 aliphatic rings. The van der Waals surface area contributed by atoms with Crippen molar-refractivity contribution in [2.24, 2.45) is 0 Å². The normalized spacial score (nSPS) is 16.4. The van der Waals surface area contributed by atoms with Gasteiger partial charge in [0.15, 0.2) is 0 Å². The first-order valence-corrected chi connectivity index (χ1v) is 4.93. The average molecular weight is 199 g/mol. The molecule has 0 bridgehead atoms. The fourth-order valence-corrected chi connectivity index (χ4v) is 1.94. The maximum Gasteiger partial charge on any atom is 0.255 e. The van der Waals surface area contributed by atoms with Gasteiger partial charge in [0.25, 0.3) is 5.56 Å². The van der Waals surface area contributed by atoms with E-state index in [0.29, 0.717) is 0 Å². The molecule has 0 fully saturated rings. The third-order valence-electron chi connectivity index (χ3n) is 2.41. The number of aromatic amines is 1. The highest BCUT2D eigenvalue weighted by atomic mass is 35.5. The molecular formula is C9H11ClN2O. The fourth-order valence-electron chi connectivity index (χ4n) is 1.75. The molecule has 1 aliphatic carbocycles. The summed E-state index contributed by atoms with van der Waals surface area (Å²) in [5.74, 6) is 0. The van der Waals surface area contributed by atoms with Crippen LogP contribution in [0.2, 0.25) is 5.28 Å². The minimum Gasteiger partial charge on any atom is -0.297 e. The molecule has 1 aromatic rings. The maximum absolute atomic E-state index is 11.5. The van der Waals surface area contributed by atoms with E-state index >= 15 is 0 Å². The van der Waals surface area contributed by atoms with Crippen LogP contribution in [0.15, 0.2) is 4.79 Å². The van der Waals surface area contributed by atoms with Gasteiger partial charge in [-0.15, -0.1) is 0 Å². The predicted molar refractivity (Wildman–Crippen MR) is 51.1 cm³/mol. The van der Waals surface area contributed by atoms with Crippen molar-refractivity contribution in [3.63, 3.8) is 0 Å². The number of H-pyrrole nitrogens is 1. The lowest BCUT2D eigenvalue weighted by molar-refractivity contribution is 0.708. The first-order chi connectivity index (χ1) is 6.27. The monoisotopic (exact) mass is 198 g/mol. The van der Waals surface area contributed by atoms with E-state index in [1.807, 2.05) is 0 Å². The lowest BCUT2D eigenvalue weighted by Gasteiger charge is -2.02. The van der Waals surface area contributed by atoms with Gasteiger partial charge in [-0.25, -0.2) is 4.98 Å². The number of nitrogens with one attached hydrogen (secondary N) is 1. The molecule has 0 spiro atoms. The highest BCUT2D eigenvalue weighted by Gasteiger charge is 2.13. The Kier molecular flexibility index (Phi) is 2.36. The summed E-state index contributed by atoms with van der Waals surface area (Å²) in [5, 5.41) is 0.214. The summed E-state index contributed by atoms with van der Waals surface area (Å²) < 4.78 is 0. The summed E-state index contributed by atoms with van der Waals surface area (Å²) in [7, 11) is 0. The van der Waals surface area contributed by atoms with Gasteiger partial charge in [0, 0.05) is 5.56 Å². The quantitative estimate of drug-likeness (QED) is 0.510. The van der Waals surface area contributed by atoms with Crippen LogP contribution in [0, 0.1) is 0 Å². The Morgan fingerprint density at radius 1 is 1.23 bits per heavy atom. The molecule has 1 heterocycles. The van der Waals surface area contributed by atoms with Gasteiger partial charge in [0.2, 0.25) is 5.28 Å². The summed E-state index contributed by atoms with van der Waals surface area (Å²) >= 11 is 5.67. The molecule has 70 valence electrons. The van der Waals surface area contributed by atoms with Crippen LogP contribution >= 0.6 is 11.6 Å². The standard InChI is InChI=1S/C9H11ClN2O/c10-9-11-7-5-3-1-2-4-6(7)8(13)12-9/h1-5H2,(H,11,12,13). The summed E-state index contributed by atoms with van der Waals surface area (Å²) in [5.41, 5.74) is 1.67. The Hall–Kier alpha value is -0.830. The highest BCUT2D eigenvalue weighted by molar-refractivity contribution is 6.28. The van der Waals surface area contributed by atoms with Crippen molar-refractivity contribution >= 4 is 11.6 Å². The van der Waals surface area contributed by atoms with Crippen LogP contribution < -0.4 is 5.56 Å². The zero-order valence-corrected chi connectivity index (χ0v) is 8.02. The lowest BCUT2D eigenvalue weighted by atomic mass is 10.1. The first-order valence-electron chi connectivity index (χ1n) is 4.55. The van der Waals surface area contributed by atoms with Crippen molar-refractivity contribution < 1.29 is 0 Å². The number of hydrogen-bond acceptors (Lipinski definition) is 2. The molecule has 4 heteroatoms. The molecule has 1 N–H and O–H groups in total. The van der Waals surface area contributed by atoms with Gasteiger partial charge >= 0.3 is 0 Å². The summed E-state index contributed by atoms with van der Waals surface area (Å²) in [6.45, 7) is 0. The Morgan fingerprint density at radius 2 is 2.00 bits per heavy atom. The number of aryl methyl sites for hydroxylation is 1. The zero-order valence-electron chi connectivity index (χ0n) is 7.27. The van der Waals surface area contributed by atoms with E-state index in [0.717, 1.165) is 36.9 Å². The Bertz CT molecular complexity index is 372. The third-order valence-corrected chi connectivity index (χ3v) is 2.59. The molecule has 0 aliphatic heterocycles. The van der Waals surface area contributed by atoms with E-state index < -0.39 is 0 Å². The van der Waals surface area contributed by atoms with Crippen molar-refractivity contribution in [2.45, 2.75) is 32.1 Å². The summed E-state index contributed by atoms with van der Waals surface area (Å²) in [6, 6.07) is 0. The number of hydrogen-bond donors (Lipinski definition) is 1. The van der Waals surface area contributed by atoms with E-state index in [1.54, 1.807) is 0 Å². The van der Waals surface area contributed by atoms with E-state index in [9.17, 15) is 4.79 Å².